The number of carboxylic acid groups (broad SMARTS) is 1. The Hall–Kier alpha value is -2.12. The summed E-state index contributed by atoms with van der Waals surface area (Å²) >= 11 is 0. The molecule has 0 spiro atoms. The Morgan fingerprint density at radius 1 is 1.11 bits per heavy atom. The highest BCUT2D eigenvalue weighted by atomic mass is 16.5. The van der Waals surface area contributed by atoms with E-state index in [0.717, 1.165) is 0 Å². The Balaban J connectivity index is 4.43. The molecule has 3 N–H and O–H groups in total. The highest BCUT2D eigenvalue weighted by Crippen LogP contribution is 1.94. The fourth-order valence-corrected chi connectivity index (χ4v) is 1.10. The van der Waals surface area contributed by atoms with E-state index in [2.05, 4.69) is 15.4 Å². The van der Waals surface area contributed by atoms with E-state index in [9.17, 15) is 19.2 Å². The van der Waals surface area contributed by atoms with Gasteiger partial charge in [-0.15, -0.1) is 0 Å². The van der Waals surface area contributed by atoms with E-state index in [1.54, 1.807) is 13.8 Å². The molecular weight excluding hydrogens is 244 g/mol. The SMILES string of the molecule is CCCC(NC(=O)C(=O)O)NC(=O)C(=O)OCC. The van der Waals surface area contributed by atoms with Crippen molar-refractivity contribution in [2.45, 2.75) is 32.9 Å². The molecule has 2 amide bonds. The van der Waals surface area contributed by atoms with E-state index in [0.29, 0.717) is 12.8 Å². The van der Waals surface area contributed by atoms with Crippen LogP contribution in [0.25, 0.3) is 0 Å². The van der Waals surface area contributed by atoms with Gasteiger partial charge in [0.2, 0.25) is 0 Å². The minimum atomic E-state index is -1.67. The summed E-state index contributed by atoms with van der Waals surface area (Å²) in [6.07, 6.45) is -0.0480. The van der Waals surface area contributed by atoms with Crippen LogP contribution in [-0.4, -0.2) is 41.6 Å². The van der Waals surface area contributed by atoms with Crippen molar-refractivity contribution in [3.8, 4) is 0 Å². The maximum atomic E-state index is 11.3. The summed E-state index contributed by atoms with van der Waals surface area (Å²) in [7, 11) is 0. The lowest BCUT2D eigenvalue weighted by Crippen LogP contribution is -2.51. The number of carbonyl (C=O) groups excluding carboxylic acids is 3. The Kier molecular flexibility index (Phi) is 7.10. The van der Waals surface area contributed by atoms with E-state index in [-0.39, 0.29) is 6.61 Å². The van der Waals surface area contributed by atoms with Crippen LogP contribution in [0.1, 0.15) is 26.7 Å². The highest BCUT2D eigenvalue weighted by Gasteiger charge is 2.22. The molecule has 0 aliphatic carbocycles. The smallest absolute Gasteiger partial charge is 0.396 e. The van der Waals surface area contributed by atoms with Crippen molar-refractivity contribution < 1.29 is 29.0 Å². The summed E-state index contributed by atoms with van der Waals surface area (Å²) in [6.45, 7) is 3.36. The number of ether oxygens (including phenoxy) is 1. The van der Waals surface area contributed by atoms with Gasteiger partial charge in [-0.25, -0.2) is 9.59 Å². The van der Waals surface area contributed by atoms with E-state index in [1.165, 1.54) is 0 Å². The first-order chi connectivity index (χ1) is 8.42. The zero-order valence-corrected chi connectivity index (χ0v) is 10.2. The van der Waals surface area contributed by atoms with Gasteiger partial charge in [0.05, 0.1) is 6.61 Å². The van der Waals surface area contributed by atoms with Crippen molar-refractivity contribution in [1.29, 1.82) is 0 Å². The number of carboxylic acids is 1. The predicted molar refractivity (Wildman–Crippen MR) is 59.3 cm³/mol. The van der Waals surface area contributed by atoms with Crippen LogP contribution >= 0.6 is 0 Å². The molecule has 0 radical (unpaired) electrons. The Labute approximate surface area is 104 Å². The van der Waals surface area contributed by atoms with E-state index in [4.69, 9.17) is 5.11 Å². The maximum absolute atomic E-state index is 11.3. The molecule has 0 saturated heterocycles. The van der Waals surface area contributed by atoms with Crippen molar-refractivity contribution in [2.24, 2.45) is 0 Å². The lowest BCUT2D eigenvalue weighted by atomic mass is 10.2. The first kappa shape index (κ1) is 15.9. The van der Waals surface area contributed by atoms with Crippen LogP contribution in [0.5, 0.6) is 0 Å². The average Bonchev–Trinajstić information content (AvgIpc) is 2.29. The summed E-state index contributed by atoms with van der Waals surface area (Å²) in [6, 6.07) is 0. The third-order valence-corrected chi connectivity index (χ3v) is 1.84. The molecule has 0 aliphatic rings. The zero-order chi connectivity index (χ0) is 14.1. The van der Waals surface area contributed by atoms with Crippen LogP contribution < -0.4 is 10.6 Å². The predicted octanol–water partition coefficient (Wildman–Crippen LogP) is -1.01. The van der Waals surface area contributed by atoms with Crippen molar-refractivity contribution in [3.63, 3.8) is 0 Å². The largest absolute Gasteiger partial charge is 0.474 e. The molecule has 0 bridgehead atoms. The molecule has 102 valence electrons. The minimum absolute atomic E-state index is 0.0478. The summed E-state index contributed by atoms with van der Waals surface area (Å²) in [5, 5.41) is 12.7. The Bertz CT molecular complexity index is 341. The summed E-state index contributed by atoms with van der Waals surface area (Å²) < 4.78 is 4.46. The fourth-order valence-electron chi connectivity index (χ4n) is 1.10. The van der Waals surface area contributed by atoms with Crippen molar-refractivity contribution in [3.05, 3.63) is 0 Å². The van der Waals surface area contributed by atoms with Crippen LogP contribution in [0, 0.1) is 0 Å². The van der Waals surface area contributed by atoms with Crippen LogP contribution in [0.3, 0.4) is 0 Å². The number of hydrogen-bond acceptors (Lipinski definition) is 5. The molecule has 1 unspecified atom stereocenters. The second-order valence-electron chi connectivity index (χ2n) is 3.31. The molecule has 0 heterocycles. The van der Waals surface area contributed by atoms with Crippen LogP contribution in [0.15, 0.2) is 0 Å². The van der Waals surface area contributed by atoms with Gasteiger partial charge in [-0.2, -0.15) is 0 Å². The standard InChI is InChI=1S/C10H16N2O6/c1-3-5-6(11-7(13)9(15)16)12-8(14)10(17)18-4-2/h6H,3-5H2,1-2H3,(H,11,13)(H,12,14)(H,15,16). The average molecular weight is 260 g/mol. The van der Waals surface area contributed by atoms with Gasteiger partial charge in [0.1, 0.15) is 6.17 Å². The van der Waals surface area contributed by atoms with Gasteiger partial charge in [0.15, 0.2) is 0 Å². The van der Waals surface area contributed by atoms with E-state index in [1.807, 2.05) is 0 Å². The van der Waals surface area contributed by atoms with Gasteiger partial charge in [-0.1, -0.05) is 13.3 Å². The quantitative estimate of drug-likeness (QED) is 0.331. The lowest BCUT2D eigenvalue weighted by Gasteiger charge is -2.17. The third kappa shape index (κ3) is 5.83. The minimum Gasteiger partial charge on any atom is -0.474 e. The molecule has 0 aliphatic heterocycles. The molecule has 8 nitrogen and oxygen atoms in total. The lowest BCUT2D eigenvalue weighted by molar-refractivity contribution is -0.155. The fraction of sp³-hybridized carbons (Fsp3) is 0.600. The molecule has 0 aromatic carbocycles. The van der Waals surface area contributed by atoms with E-state index < -0.39 is 29.9 Å². The molecular formula is C10H16N2O6. The molecule has 0 aromatic rings. The van der Waals surface area contributed by atoms with Crippen LogP contribution in [0.2, 0.25) is 0 Å². The second-order valence-corrected chi connectivity index (χ2v) is 3.31. The Morgan fingerprint density at radius 2 is 1.67 bits per heavy atom. The Morgan fingerprint density at radius 3 is 2.11 bits per heavy atom. The van der Waals surface area contributed by atoms with E-state index >= 15 is 0 Å². The first-order valence-electron chi connectivity index (χ1n) is 5.43. The first-order valence-corrected chi connectivity index (χ1v) is 5.43. The van der Waals surface area contributed by atoms with Crippen LogP contribution in [-0.2, 0) is 23.9 Å². The number of hydrogen-bond donors (Lipinski definition) is 3. The molecule has 0 aromatic heterocycles. The van der Waals surface area contributed by atoms with Crippen molar-refractivity contribution in [1.82, 2.24) is 10.6 Å². The topological polar surface area (TPSA) is 122 Å². The number of aliphatic carboxylic acids is 1. The van der Waals surface area contributed by atoms with Gasteiger partial charge in [0.25, 0.3) is 0 Å². The van der Waals surface area contributed by atoms with Crippen molar-refractivity contribution >= 4 is 23.8 Å². The summed E-state index contributed by atoms with van der Waals surface area (Å²) in [5.74, 6) is -5.02. The second kappa shape index (κ2) is 8.04. The van der Waals surface area contributed by atoms with Gasteiger partial charge in [-0.3, -0.25) is 9.59 Å². The molecule has 1 atom stereocenters. The van der Waals surface area contributed by atoms with Gasteiger partial charge in [-0.05, 0) is 13.3 Å². The molecule has 0 fully saturated rings. The van der Waals surface area contributed by atoms with Gasteiger partial charge in [0, 0.05) is 0 Å². The molecule has 0 saturated carbocycles. The highest BCUT2D eigenvalue weighted by molar-refractivity contribution is 6.33. The van der Waals surface area contributed by atoms with Crippen LogP contribution in [0.4, 0.5) is 0 Å². The number of amides is 2. The maximum Gasteiger partial charge on any atom is 0.396 e. The molecule has 8 heteroatoms. The number of carbonyl (C=O) groups is 4. The van der Waals surface area contributed by atoms with Crippen molar-refractivity contribution in [2.75, 3.05) is 6.61 Å². The summed E-state index contributed by atoms with van der Waals surface area (Å²) in [4.78, 5) is 43.6. The van der Waals surface area contributed by atoms with Gasteiger partial charge < -0.3 is 20.5 Å². The molecule has 0 rings (SSSR count). The monoisotopic (exact) mass is 260 g/mol. The molecule has 18 heavy (non-hydrogen) atoms. The number of esters is 1. The number of nitrogens with one attached hydrogen (secondary N) is 2. The zero-order valence-electron chi connectivity index (χ0n) is 10.2. The summed E-state index contributed by atoms with van der Waals surface area (Å²) in [5.41, 5.74) is 0. The number of rotatable bonds is 5. The third-order valence-electron chi connectivity index (χ3n) is 1.84. The van der Waals surface area contributed by atoms with Gasteiger partial charge >= 0.3 is 23.8 Å². The normalized spacial score (nSPS) is 11.2.